The van der Waals surface area contributed by atoms with Gasteiger partial charge in [-0.3, -0.25) is 9.59 Å². The predicted octanol–water partition coefficient (Wildman–Crippen LogP) is 3.36. The molecule has 1 saturated heterocycles. The average Bonchev–Trinajstić information content (AvgIpc) is 2.61. The third-order valence-corrected chi connectivity index (χ3v) is 4.58. The fraction of sp³-hybridized carbons (Fsp3) is 0.400. The van der Waals surface area contributed by atoms with Crippen molar-refractivity contribution >= 4 is 29.1 Å². The average molecular weight is 367 g/mol. The number of carbonyl (C=O) groups excluding carboxylic acids is 2. The van der Waals surface area contributed by atoms with E-state index >= 15 is 0 Å². The number of nitrogens with one attached hydrogen (secondary N) is 2. The highest BCUT2D eigenvalue weighted by Gasteiger charge is 2.23. The summed E-state index contributed by atoms with van der Waals surface area (Å²) in [5.41, 5.74) is 2.53. The van der Waals surface area contributed by atoms with Crippen molar-refractivity contribution in [2.45, 2.75) is 33.6 Å². The Kier molecular flexibility index (Phi) is 5.69. The van der Waals surface area contributed by atoms with E-state index in [2.05, 4.69) is 27.5 Å². The van der Waals surface area contributed by atoms with Crippen LogP contribution in [0.15, 0.2) is 30.3 Å². The van der Waals surface area contributed by atoms with Crippen LogP contribution in [0.3, 0.4) is 0 Å². The number of anilines is 3. The van der Waals surface area contributed by atoms with Crippen molar-refractivity contribution in [1.82, 2.24) is 14.9 Å². The van der Waals surface area contributed by atoms with Gasteiger partial charge in [0.25, 0.3) is 5.91 Å². The topological polar surface area (TPSA) is 87.2 Å². The molecule has 1 aliphatic heterocycles. The van der Waals surface area contributed by atoms with Gasteiger partial charge >= 0.3 is 0 Å². The Bertz CT molecular complexity index is 844. The number of aromatic nitrogens is 2. The molecule has 0 aliphatic carbocycles. The molecule has 2 heterocycles. The molecular formula is C20H25N5O2. The summed E-state index contributed by atoms with van der Waals surface area (Å²) in [5.74, 6) is 0.836. The molecule has 142 valence electrons. The highest BCUT2D eigenvalue weighted by Crippen LogP contribution is 2.21. The van der Waals surface area contributed by atoms with E-state index in [1.54, 1.807) is 18.2 Å². The maximum atomic E-state index is 12.8. The fourth-order valence-corrected chi connectivity index (χ4v) is 3.11. The maximum Gasteiger partial charge on any atom is 0.272 e. The highest BCUT2D eigenvalue weighted by molar-refractivity contribution is 5.93. The Labute approximate surface area is 159 Å². The number of benzene rings is 1. The summed E-state index contributed by atoms with van der Waals surface area (Å²) in [4.78, 5) is 34.7. The van der Waals surface area contributed by atoms with Gasteiger partial charge < -0.3 is 15.5 Å². The summed E-state index contributed by atoms with van der Waals surface area (Å²) in [6.45, 7) is 7.06. The highest BCUT2D eigenvalue weighted by atomic mass is 16.2. The Balaban J connectivity index is 1.77. The first-order valence-electron chi connectivity index (χ1n) is 9.20. The molecule has 0 atom stereocenters. The number of hydrogen-bond acceptors (Lipinski definition) is 5. The van der Waals surface area contributed by atoms with Crippen molar-refractivity contribution in [3.8, 4) is 0 Å². The summed E-state index contributed by atoms with van der Waals surface area (Å²) in [7, 11) is 0. The predicted molar refractivity (Wildman–Crippen MR) is 105 cm³/mol. The van der Waals surface area contributed by atoms with E-state index in [0.717, 1.165) is 37.3 Å². The van der Waals surface area contributed by atoms with Crippen molar-refractivity contribution < 1.29 is 9.59 Å². The van der Waals surface area contributed by atoms with Crippen molar-refractivity contribution in [2.75, 3.05) is 23.7 Å². The molecule has 7 nitrogen and oxygen atoms in total. The van der Waals surface area contributed by atoms with E-state index in [4.69, 9.17) is 0 Å². The molecule has 0 spiro atoms. The first kappa shape index (κ1) is 18.8. The van der Waals surface area contributed by atoms with Crippen LogP contribution in [0.4, 0.5) is 17.3 Å². The van der Waals surface area contributed by atoms with Crippen LogP contribution < -0.4 is 10.6 Å². The second-order valence-corrected chi connectivity index (χ2v) is 7.08. The van der Waals surface area contributed by atoms with E-state index in [0.29, 0.717) is 23.2 Å². The fourth-order valence-electron chi connectivity index (χ4n) is 3.11. The lowest BCUT2D eigenvalue weighted by atomic mass is 9.99. The lowest BCUT2D eigenvalue weighted by molar-refractivity contribution is -0.114. The van der Waals surface area contributed by atoms with Crippen LogP contribution in [-0.4, -0.2) is 39.8 Å². The summed E-state index contributed by atoms with van der Waals surface area (Å²) < 4.78 is 0. The second kappa shape index (κ2) is 8.16. The number of nitrogens with zero attached hydrogens (tertiary/aromatic N) is 3. The summed E-state index contributed by atoms with van der Waals surface area (Å²) in [5, 5.41) is 5.86. The Morgan fingerprint density at radius 3 is 2.52 bits per heavy atom. The van der Waals surface area contributed by atoms with E-state index in [1.165, 1.54) is 6.92 Å². The van der Waals surface area contributed by atoms with Gasteiger partial charge in [-0.2, -0.15) is 0 Å². The molecule has 1 aliphatic rings. The van der Waals surface area contributed by atoms with Crippen molar-refractivity contribution in [2.24, 2.45) is 5.92 Å². The third kappa shape index (κ3) is 5.03. The molecule has 3 rings (SSSR count). The normalized spacial score (nSPS) is 14.7. The molecule has 0 bridgehead atoms. The van der Waals surface area contributed by atoms with Gasteiger partial charge in [0.2, 0.25) is 11.9 Å². The minimum atomic E-state index is -0.136. The molecule has 27 heavy (non-hydrogen) atoms. The van der Waals surface area contributed by atoms with Gasteiger partial charge in [0.05, 0.1) is 0 Å². The standard InChI is InChI=1S/C20H25N5O2/c1-13-7-9-25(10-8-13)19(27)18-11-14(2)21-20(24-18)23-17-6-4-5-16(12-17)22-15(3)26/h4-6,11-13H,7-10H2,1-3H3,(H,22,26)(H,21,23,24). The number of carbonyl (C=O) groups is 2. The molecule has 2 aromatic rings. The minimum absolute atomic E-state index is 0.0533. The van der Waals surface area contributed by atoms with E-state index < -0.39 is 0 Å². The molecule has 0 unspecified atom stereocenters. The third-order valence-electron chi connectivity index (χ3n) is 4.58. The molecule has 0 saturated carbocycles. The van der Waals surface area contributed by atoms with Gasteiger partial charge in [-0.1, -0.05) is 13.0 Å². The molecule has 1 aromatic heterocycles. The van der Waals surface area contributed by atoms with Crippen LogP contribution in [-0.2, 0) is 4.79 Å². The van der Waals surface area contributed by atoms with Crippen LogP contribution in [0.25, 0.3) is 0 Å². The van der Waals surface area contributed by atoms with E-state index in [9.17, 15) is 9.59 Å². The number of rotatable bonds is 4. The minimum Gasteiger partial charge on any atom is -0.337 e. The zero-order chi connectivity index (χ0) is 19.4. The number of likely N-dealkylation sites (tertiary alicyclic amines) is 1. The SMILES string of the molecule is CC(=O)Nc1cccc(Nc2nc(C)cc(C(=O)N3CCC(C)CC3)n2)c1. The maximum absolute atomic E-state index is 12.8. The summed E-state index contributed by atoms with van der Waals surface area (Å²) >= 11 is 0. The second-order valence-electron chi connectivity index (χ2n) is 7.08. The molecule has 1 aromatic carbocycles. The summed E-state index contributed by atoms with van der Waals surface area (Å²) in [6.07, 6.45) is 2.05. The van der Waals surface area contributed by atoms with Crippen LogP contribution >= 0.6 is 0 Å². The zero-order valence-corrected chi connectivity index (χ0v) is 16.0. The molecule has 2 N–H and O–H groups in total. The van der Waals surface area contributed by atoms with Gasteiger partial charge in [-0.05, 0) is 49.9 Å². The van der Waals surface area contributed by atoms with Crippen LogP contribution in [0, 0.1) is 12.8 Å². The largest absolute Gasteiger partial charge is 0.337 e. The Morgan fingerprint density at radius 1 is 1.11 bits per heavy atom. The zero-order valence-electron chi connectivity index (χ0n) is 16.0. The quantitative estimate of drug-likeness (QED) is 0.865. The smallest absolute Gasteiger partial charge is 0.272 e. The molecule has 2 amide bonds. The first-order valence-corrected chi connectivity index (χ1v) is 9.20. The Morgan fingerprint density at radius 2 is 1.81 bits per heavy atom. The first-order chi connectivity index (χ1) is 12.9. The van der Waals surface area contributed by atoms with Crippen LogP contribution in [0.1, 0.15) is 42.9 Å². The van der Waals surface area contributed by atoms with E-state index in [-0.39, 0.29) is 11.8 Å². The Hall–Kier alpha value is -2.96. The number of aryl methyl sites for hydroxylation is 1. The molecule has 1 fully saturated rings. The van der Waals surface area contributed by atoms with Gasteiger partial charge in [-0.15, -0.1) is 0 Å². The molecule has 7 heteroatoms. The van der Waals surface area contributed by atoms with Gasteiger partial charge in [0.15, 0.2) is 0 Å². The lowest BCUT2D eigenvalue weighted by Crippen LogP contribution is -2.38. The number of piperidine rings is 1. The molecule has 0 radical (unpaired) electrons. The van der Waals surface area contributed by atoms with Crippen molar-refractivity contribution in [3.63, 3.8) is 0 Å². The van der Waals surface area contributed by atoms with Gasteiger partial charge in [-0.25, -0.2) is 9.97 Å². The molecular weight excluding hydrogens is 342 g/mol. The number of hydrogen-bond donors (Lipinski definition) is 2. The van der Waals surface area contributed by atoms with Crippen LogP contribution in [0.2, 0.25) is 0 Å². The monoisotopic (exact) mass is 367 g/mol. The van der Waals surface area contributed by atoms with Gasteiger partial charge in [0, 0.05) is 37.1 Å². The van der Waals surface area contributed by atoms with Crippen LogP contribution in [0.5, 0.6) is 0 Å². The van der Waals surface area contributed by atoms with Crippen molar-refractivity contribution in [1.29, 1.82) is 0 Å². The van der Waals surface area contributed by atoms with Crippen molar-refractivity contribution in [3.05, 3.63) is 41.7 Å². The lowest BCUT2D eigenvalue weighted by Gasteiger charge is -2.30. The van der Waals surface area contributed by atoms with Gasteiger partial charge in [0.1, 0.15) is 5.69 Å². The number of amides is 2. The summed E-state index contributed by atoms with van der Waals surface area (Å²) in [6, 6.07) is 8.99. The van der Waals surface area contributed by atoms with E-state index in [1.807, 2.05) is 24.0 Å².